The molecular weight excluding hydrogens is 298 g/mol. The molecule has 4 nitrogen and oxygen atoms in total. The van der Waals surface area contributed by atoms with Crippen molar-refractivity contribution in [2.24, 2.45) is 0 Å². The number of rotatable bonds is 4. The number of carbonyl (C=O) groups is 2. The highest BCUT2D eigenvalue weighted by atomic mass is 35.5. The van der Waals surface area contributed by atoms with Crippen LogP contribution in [0.5, 0.6) is 0 Å². The van der Waals surface area contributed by atoms with E-state index in [1.54, 1.807) is 12.1 Å². The first-order valence-electron chi connectivity index (χ1n) is 6.51. The van der Waals surface area contributed by atoms with E-state index in [0.29, 0.717) is 17.2 Å². The fraction of sp³-hybridized carbons (Fsp3) is 0.429. The third-order valence-electron chi connectivity index (χ3n) is 3.47. The smallest absolute Gasteiger partial charge is 0.329 e. The molecule has 0 atom stereocenters. The van der Waals surface area contributed by atoms with Crippen molar-refractivity contribution in [3.05, 3.63) is 27.4 Å². The summed E-state index contributed by atoms with van der Waals surface area (Å²) in [5, 5.41) is 12.0. The number of carboxylic acids is 1. The van der Waals surface area contributed by atoms with Crippen LogP contribution < -0.4 is 5.32 Å². The molecule has 0 saturated heterocycles. The summed E-state index contributed by atoms with van der Waals surface area (Å²) in [6.45, 7) is 0. The molecule has 0 spiro atoms. The van der Waals surface area contributed by atoms with E-state index in [0.717, 1.165) is 24.1 Å². The summed E-state index contributed by atoms with van der Waals surface area (Å²) < 4.78 is 0.652. The van der Waals surface area contributed by atoms with E-state index < -0.39 is 11.5 Å². The van der Waals surface area contributed by atoms with Gasteiger partial charge in [-0.25, -0.2) is 4.79 Å². The van der Waals surface area contributed by atoms with Crippen molar-refractivity contribution in [1.82, 2.24) is 5.32 Å². The molecule has 1 aromatic heterocycles. The number of thiophene rings is 1. The van der Waals surface area contributed by atoms with Crippen LogP contribution >= 0.6 is 22.9 Å². The molecule has 1 fully saturated rings. The van der Waals surface area contributed by atoms with E-state index in [1.165, 1.54) is 17.4 Å². The van der Waals surface area contributed by atoms with E-state index in [9.17, 15) is 14.7 Å². The minimum absolute atomic E-state index is 0.376. The lowest BCUT2D eigenvalue weighted by Crippen LogP contribution is -2.55. The van der Waals surface area contributed by atoms with Gasteiger partial charge in [-0.05, 0) is 31.1 Å². The summed E-state index contributed by atoms with van der Waals surface area (Å²) in [4.78, 5) is 24.2. The summed E-state index contributed by atoms with van der Waals surface area (Å²) in [6, 6.07) is 3.56. The van der Waals surface area contributed by atoms with Crippen molar-refractivity contribution >= 4 is 40.9 Å². The lowest BCUT2D eigenvalue weighted by molar-refractivity contribution is -0.148. The number of hydrogen-bond donors (Lipinski definition) is 2. The van der Waals surface area contributed by atoms with Gasteiger partial charge in [0.2, 0.25) is 5.91 Å². The molecule has 0 aromatic carbocycles. The highest BCUT2D eigenvalue weighted by Gasteiger charge is 2.40. The molecule has 1 aromatic rings. The van der Waals surface area contributed by atoms with Crippen LogP contribution in [0, 0.1) is 0 Å². The second kappa shape index (κ2) is 6.41. The average molecular weight is 314 g/mol. The molecule has 0 bridgehead atoms. The van der Waals surface area contributed by atoms with Crippen LogP contribution in [0.25, 0.3) is 6.08 Å². The summed E-state index contributed by atoms with van der Waals surface area (Å²) in [5.74, 6) is -1.32. The Morgan fingerprint density at radius 3 is 2.55 bits per heavy atom. The topological polar surface area (TPSA) is 66.4 Å². The molecule has 1 aliphatic carbocycles. The molecule has 6 heteroatoms. The second-order valence-corrected chi connectivity index (χ2v) is 6.66. The third-order valence-corrected chi connectivity index (χ3v) is 4.67. The van der Waals surface area contributed by atoms with Gasteiger partial charge in [0.1, 0.15) is 5.54 Å². The van der Waals surface area contributed by atoms with E-state index in [-0.39, 0.29) is 5.91 Å². The number of halogens is 1. The van der Waals surface area contributed by atoms with Gasteiger partial charge < -0.3 is 10.4 Å². The normalized spacial score (nSPS) is 18.1. The lowest BCUT2D eigenvalue weighted by Gasteiger charge is -2.33. The van der Waals surface area contributed by atoms with E-state index in [4.69, 9.17) is 11.6 Å². The Labute approximate surface area is 126 Å². The summed E-state index contributed by atoms with van der Waals surface area (Å²) in [5.41, 5.74) is -1.10. The molecule has 1 saturated carbocycles. The molecule has 1 aliphatic rings. The van der Waals surface area contributed by atoms with Crippen LogP contribution in [-0.2, 0) is 9.59 Å². The van der Waals surface area contributed by atoms with Crippen molar-refractivity contribution in [2.75, 3.05) is 0 Å². The minimum Gasteiger partial charge on any atom is -0.480 e. The van der Waals surface area contributed by atoms with Crippen molar-refractivity contribution in [2.45, 2.75) is 37.6 Å². The van der Waals surface area contributed by atoms with Gasteiger partial charge in [0.05, 0.1) is 4.34 Å². The zero-order chi connectivity index (χ0) is 14.6. The van der Waals surface area contributed by atoms with Gasteiger partial charge >= 0.3 is 5.97 Å². The molecule has 1 heterocycles. The molecule has 0 aliphatic heterocycles. The second-order valence-electron chi connectivity index (χ2n) is 4.91. The van der Waals surface area contributed by atoms with Gasteiger partial charge in [0, 0.05) is 11.0 Å². The maximum absolute atomic E-state index is 11.9. The molecule has 0 radical (unpaired) electrons. The van der Waals surface area contributed by atoms with Crippen molar-refractivity contribution in [3.63, 3.8) is 0 Å². The molecule has 2 rings (SSSR count). The number of nitrogens with one attached hydrogen (secondary N) is 1. The summed E-state index contributed by atoms with van der Waals surface area (Å²) in [7, 11) is 0. The molecular formula is C14H16ClNO3S. The number of carbonyl (C=O) groups excluding carboxylic acids is 1. The van der Waals surface area contributed by atoms with Crippen molar-refractivity contribution in [3.8, 4) is 0 Å². The van der Waals surface area contributed by atoms with Gasteiger partial charge in [0.15, 0.2) is 0 Å². The Hall–Kier alpha value is -1.33. The third kappa shape index (κ3) is 3.61. The Balaban J connectivity index is 2.01. The predicted molar refractivity (Wildman–Crippen MR) is 80.0 cm³/mol. The molecule has 0 unspecified atom stereocenters. The first-order chi connectivity index (χ1) is 9.52. The maximum atomic E-state index is 11.9. The van der Waals surface area contributed by atoms with E-state index in [2.05, 4.69) is 5.32 Å². The highest BCUT2D eigenvalue weighted by molar-refractivity contribution is 7.17. The number of amides is 1. The predicted octanol–water partition coefficient (Wildman–Crippen LogP) is 3.32. The van der Waals surface area contributed by atoms with Gasteiger partial charge in [-0.15, -0.1) is 11.3 Å². The van der Waals surface area contributed by atoms with Gasteiger partial charge in [-0.2, -0.15) is 0 Å². The molecule has 2 N–H and O–H groups in total. The SMILES string of the molecule is O=C(/C=C/c1ccc(Cl)s1)NC1(C(=O)O)CCCCC1. The van der Waals surface area contributed by atoms with Crippen LogP contribution in [0.3, 0.4) is 0 Å². The fourth-order valence-electron chi connectivity index (χ4n) is 2.40. The first-order valence-corrected chi connectivity index (χ1v) is 7.70. The Kier molecular flexibility index (Phi) is 4.83. The lowest BCUT2D eigenvalue weighted by atomic mass is 9.81. The summed E-state index contributed by atoms with van der Waals surface area (Å²) in [6.07, 6.45) is 6.67. The first kappa shape index (κ1) is 15.1. The standard InChI is InChI=1S/C14H16ClNO3S/c15-11-6-4-10(20-11)5-7-12(17)16-14(13(18)19)8-2-1-3-9-14/h4-7H,1-3,8-9H2,(H,16,17)(H,18,19)/b7-5+. The zero-order valence-corrected chi connectivity index (χ0v) is 12.5. The Morgan fingerprint density at radius 2 is 2.00 bits per heavy atom. The van der Waals surface area contributed by atoms with Crippen LogP contribution in [-0.4, -0.2) is 22.5 Å². The average Bonchev–Trinajstić information content (AvgIpc) is 2.83. The Morgan fingerprint density at radius 1 is 1.30 bits per heavy atom. The van der Waals surface area contributed by atoms with Crippen LogP contribution in [0.1, 0.15) is 37.0 Å². The van der Waals surface area contributed by atoms with E-state index in [1.807, 2.05) is 6.07 Å². The van der Waals surface area contributed by atoms with Gasteiger partial charge in [-0.1, -0.05) is 30.9 Å². The number of hydrogen-bond acceptors (Lipinski definition) is 3. The monoisotopic (exact) mass is 313 g/mol. The molecule has 1 amide bonds. The van der Waals surface area contributed by atoms with Gasteiger partial charge in [0.25, 0.3) is 0 Å². The van der Waals surface area contributed by atoms with Crippen LogP contribution in [0.15, 0.2) is 18.2 Å². The maximum Gasteiger partial charge on any atom is 0.329 e. The van der Waals surface area contributed by atoms with E-state index >= 15 is 0 Å². The highest BCUT2D eigenvalue weighted by Crippen LogP contribution is 2.28. The fourth-order valence-corrected chi connectivity index (χ4v) is 3.36. The quantitative estimate of drug-likeness (QED) is 0.838. The summed E-state index contributed by atoms with van der Waals surface area (Å²) >= 11 is 7.16. The minimum atomic E-state index is -1.10. The van der Waals surface area contributed by atoms with Crippen LogP contribution in [0.4, 0.5) is 0 Å². The number of aliphatic carboxylic acids is 1. The van der Waals surface area contributed by atoms with Crippen molar-refractivity contribution < 1.29 is 14.7 Å². The zero-order valence-electron chi connectivity index (χ0n) is 10.9. The molecule has 20 heavy (non-hydrogen) atoms. The number of carboxylic acid groups (broad SMARTS) is 1. The van der Waals surface area contributed by atoms with Crippen molar-refractivity contribution in [1.29, 1.82) is 0 Å². The largest absolute Gasteiger partial charge is 0.480 e. The van der Waals surface area contributed by atoms with Gasteiger partial charge in [-0.3, -0.25) is 4.79 Å². The molecule has 108 valence electrons. The van der Waals surface area contributed by atoms with Crippen LogP contribution in [0.2, 0.25) is 4.34 Å². The Bertz CT molecular complexity index is 532.